The highest BCUT2D eigenvalue weighted by molar-refractivity contribution is 5.86. The van der Waals surface area contributed by atoms with Crippen molar-refractivity contribution >= 4 is 5.91 Å². The van der Waals surface area contributed by atoms with Crippen LogP contribution < -0.4 is 0 Å². The molecule has 0 unspecified atom stereocenters. The van der Waals surface area contributed by atoms with Crippen molar-refractivity contribution in [3.8, 4) is 0 Å². The molecule has 2 heterocycles. The fourth-order valence-electron chi connectivity index (χ4n) is 3.84. The Morgan fingerprint density at radius 2 is 2.07 bits per heavy atom. The Morgan fingerprint density at radius 1 is 1.32 bits per heavy atom. The van der Waals surface area contributed by atoms with Gasteiger partial charge in [-0.15, -0.1) is 0 Å². The van der Waals surface area contributed by atoms with Crippen molar-refractivity contribution in [2.75, 3.05) is 20.1 Å². The predicted molar refractivity (Wildman–Crippen MR) is 100 cm³/mol. The molecule has 152 valence electrons. The summed E-state index contributed by atoms with van der Waals surface area (Å²) in [6, 6.07) is 3.91. The fourth-order valence-corrected chi connectivity index (χ4v) is 3.84. The number of aryl methyl sites for hydroxylation is 2. The summed E-state index contributed by atoms with van der Waals surface area (Å²) < 4.78 is 29.2. The zero-order valence-corrected chi connectivity index (χ0v) is 16.5. The number of nitrogens with zero attached hydrogens (tertiary/aromatic N) is 4. The third-order valence-electron chi connectivity index (χ3n) is 5.18. The molecule has 1 aliphatic heterocycles. The van der Waals surface area contributed by atoms with Crippen molar-refractivity contribution < 1.29 is 18.7 Å². The van der Waals surface area contributed by atoms with Crippen LogP contribution in [0.2, 0.25) is 0 Å². The second-order valence-corrected chi connectivity index (χ2v) is 7.66. The number of aliphatic hydroxyl groups is 1. The summed E-state index contributed by atoms with van der Waals surface area (Å²) >= 11 is 0. The minimum absolute atomic E-state index is 0.0594. The maximum absolute atomic E-state index is 14.0. The van der Waals surface area contributed by atoms with Crippen LogP contribution in [-0.4, -0.2) is 56.3 Å². The van der Waals surface area contributed by atoms with E-state index in [0.717, 1.165) is 17.3 Å². The third kappa shape index (κ3) is 4.23. The van der Waals surface area contributed by atoms with Gasteiger partial charge >= 0.3 is 0 Å². The van der Waals surface area contributed by atoms with Crippen LogP contribution in [0.4, 0.5) is 8.78 Å². The van der Waals surface area contributed by atoms with Gasteiger partial charge in [-0.2, -0.15) is 5.10 Å². The van der Waals surface area contributed by atoms with Gasteiger partial charge in [-0.05, 0) is 32.9 Å². The number of benzene rings is 1. The molecule has 1 fully saturated rings. The van der Waals surface area contributed by atoms with Crippen LogP contribution in [0.25, 0.3) is 0 Å². The number of aromatic nitrogens is 2. The summed E-state index contributed by atoms with van der Waals surface area (Å²) in [5, 5.41) is 15.3. The lowest BCUT2D eigenvalue weighted by atomic mass is 9.90. The van der Waals surface area contributed by atoms with Crippen LogP contribution in [0.3, 0.4) is 0 Å². The molecule has 28 heavy (non-hydrogen) atoms. The van der Waals surface area contributed by atoms with Crippen LogP contribution >= 0.6 is 0 Å². The molecule has 1 aliphatic rings. The largest absolute Gasteiger partial charge is 0.379 e. The lowest BCUT2D eigenvalue weighted by molar-refractivity contribution is -0.160. The first-order valence-electron chi connectivity index (χ1n) is 9.32. The minimum atomic E-state index is -1.55. The van der Waals surface area contributed by atoms with Crippen molar-refractivity contribution in [3.63, 3.8) is 0 Å². The van der Waals surface area contributed by atoms with E-state index < -0.39 is 23.1 Å². The SMILES string of the molecule is Cc1nn(C)cc1CN(C)C[C@]1(O)CCCN(Cc2cccc(F)c2F)C1=O. The van der Waals surface area contributed by atoms with Crippen molar-refractivity contribution in [3.05, 3.63) is 52.9 Å². The molecule has 1 saturated heterocycles. The Balaban J connectivity index is 1.69. The van der Waals surface area contributed by atoms with Gasteiger partial charge in [0.25, 0.3) is 5.91 Å². The van der Waals surface area contributed by atoms with Crippen LogP contribution in [0.1, 0.15) is 29.7 Å². The summed E-state index contributed by atoms with van der Waals surface area (Å²) in [7, 11) is 3.68. The summed E-state index contributed by atoms with van der Waals surface area (Å²) in [5.74, 6) is -2.34. The molecule has 0 aliphatic carbocycles. The lowest BCUT2D eigenvalue weighted by Gasteiger charge is -2.40. The lowest BCUT2D eigenvalue weighted by Crippen LogP contribution is -2.57. The molecule has 1 aromatic heterocycles. The highest BCUT2D eigenvalue weighted by Gasteiger charge is 2.43. The number of amides is 1. The Labute approximate surface area is 163 Å². The summed E-state index contributed by atoms with van der Waals surface area (Å²) in [5.41, 5.74) is 0.486. The number of piperidine rings is 1. The molecule has 0 radical (unpaired) electrons. The van der Waals surface area contributed by atoms with E-state index >= 15 is 0 Å². The average Bonchev–Trinajstić information content (AvgIpc) is 2.93. The Hall–Kier alpha value is -2.32. The zero-order chi connectivity index (χ0) is 20.5. The number of hydrogen-bond donors (Lipinski definition) is 1. The Kier molecular flexibility index (Phi) is 5.81. The highest BCUT2D eigenvalue weighted by atomic mass is 19.2. The van der Waals surface area contributed by atoms with Crippen molar-refractivity contribution in [2.24, 2.45) is 7.05 Å². The first kappa shape index (κ1) is 20.4. The summed E-state index contributed by atoms with van der Waals surface area (Å²) in [4.78, 5) is 16.2. The van der Waals surface area contributed by atoms with E-state index in [1.165, 1.54) is 17.0 Å². The van der Waals surface area contributed by atoms with E-state index in [1.807, 2.05) is 32.1 Å². The van der Waals surface area contributed by atoms with Crippen LogP contribution in [-0.2, 0) is 24.9 Å². The quantitative estimate of drug-likeness (QED) is 0.817. The zero-order valence-electron chi connectivity index (χ0n) is 16.5. The number of likely N-dealkylation sites (N-methyl/N-ethyl adjacent to an activating group) is 1. The molecule has 1 N–H and O–H groups in total. The van der Waals surface area contributed by atoms with E-state index in [2.05, 4.69) is 5.10 Å². The molecule has 1 atom stereocenters. The highest BCUT2D eigenvalue weighted by Crippen LogP contribution is 2.26. The number of carbonyl (C=O) groups excluding carboxylic acids is 1. The molecule has 0 bridgehead atoms. The number of halogens is 2. The Morgan fingerprint density at radius 3 is 2.75 bits per heavy atom. The molecular formula is C20H26F2N4O2. The number of carbonyl (C=O) groups is 1. The first-order chi connectivity index (χ1) is 13.2. The van der Waals surface area contributed by atoms with Gasteiger partial charge in [0, 0.05) is 50.6 Å². The molecule has 1 aromatic carbocycles. The fraction of sp³-hybridized carbons (Fsp3) is 0.500. The second kappa shape index (κ2) is 7.97. The van der Waals surface area contributed by atoms with Crippen molar-refractivity contribution in [1.82, 2.24) is 19.6 Å². The van der Waals surface area contributed by atoms with Gasteiger partial charge in [0.05, 0.1) is 5.69 Å². The van der Waals surface area contributed by atoms with Crippen molar-refractivity contribution in [1.29, 1.82) is 0 Å². The standard InChI is InChI=1S/C20H26F2N4O2/c1-14-16(11-25(3)23-14)10-24(2)13-20(28)8-5-9-26(19(20)27)12-15-6-4-7-17(21)18(15)22/h4,6-7,11,28H,5,8-10,12-13H2,1-3H3/t20-/m1/s1. The number of rotatable bonds is 6. The predicted octanol–water partition coefficient (Wildman–Crippen LogP) is 1.99. The molecular weight excluding hydrogens is 366 g/mol. The van der Waals surface area contributed by atoms with E-state index in [9.17, 15) is 18.7 Å². The van der Waals surface area contributed by atoms with Gasteiger partial charge in [0.15, 0.2) is 17.2 Å². The van der Waals surface area contributed by atoms with E-state index in [0.29, 0.717) is 25.9 Å². The van der Waals surface area contributed by atoms with Crippen LogP contribution in [0.15, 0.2) is 24.4 Å². The molecule has 0 saturated carbocycles. The molecule has 3 rings (SSSR count). The third-order valence-corrected chi connectivity index (χ3v) is 5.18. The first-order valence-corrected chi connectivity index (χ1v) is 9.32. The number of likely N-dealkylation sites (tertiary alicyclic amines) is 1. The van der Waals surface area contributed by atoms with E-state index in [4.69, 9.17) is 0 Å². The monoisotopic (exact) mass is 392 g/mol. The normalized spacial score (nSPS) is 20.2. The molecule has 2 aromatic rings. The van der Waals surface area contributed by atoms with Crippen molar-refractivity contribution in [2.45, 2.75) is 38.5 Å². The molecule has 0 spiro atoms. The van der Waals surface area contributed by atoms with E-state index in [1.54, 1.807) is 4.68 Å². The van der Waals surface area contributed by atoms with Gasteiger partial charge in [-0.3, -0.25) is 14.4 Å². The maximum atomic E-state index is 14.0. The molecule has 8 heteroatoms. The molecule has 6 nitrogen and oxygen atoms in total. The maximum Gasteiger partial charge on any atom is 0.256 e. The van der Waals surface area contributed by atoms with Gasteiger partial charge in [-0.25, -0.2) is 8.78 Å². The summed E-state index contributed by atoms with van der Waals surface area (Å²) in [6.07, 6.45) is 2.85. The Bertz CT molecular complexity index is 870. The van der Waals surface area contributed by atoms with Gasteiger partial charge in [-0.1, -0.05) is 12.1 Å². The second-order valence-electron chi connectivity index (χ2n) is 7.66. The number of hydrogen-bond acceptors (Lipinski definition) is 4. The van der Waals surface area contributed by atoms with Crippen LogP contribution in [0, 0.1) is 18.6 Å². The smallest absolute Gasteiger partial charge is 0.256 e. The van der Waals surface area contributed by atoms with Gasteiger partial charge in [0.2, 0.25) is 0 Å². The average molecular weight is 392 g/mol. The van der Waals surface area contributed by atoms with Gasteiger partial charge < -0.3 is 10.0 Å². The summed E-state index contributed by atoms with van der Waals surface area (Å²) in [6.45, 7) is 2.97. The topological polar surface area (TPSA) is 61.6 Å². The van der Waals surface area contributed by atoms with Gasteiger partial charge in [0.1, 0.15) is 0 Å². The minimum Gasteiger partial charge on any atom is -0.379 e. The van der Waals surface area contributed by atoms with Crippen LogP contribution in [0.5, 0.6) is 0 Å². The molecule has 1 amide bonds. The van der Waals surface area contributed by atoms with E-state index in [-0.39, 0.29) is 18.7 Å².